The summed E-state index contributed by atoms with van der Waals surface area (Å²) in [6.07, 6.45) is 0. The summed E-state index contributed by atoms with van der Waals surface area (Å²) < 4.78 is 5.70. The number of hydrogen-bond donors (Lipinski definition) is 3. The van der Waals surface area contributed by atoms with Crippen LogP contribution in [-0.2, 0) is 4.79 Å². The summed E-state index contributed by atoms with van der Waals surface area (Å²) in [6.45, 7) is 3.68. The van der Waals surface area contributed by atoms with E-state index >= 15 is 0 Å². The number of nitrogens with zero attached hydrogens (tertiary/aromatic N) is 1. The van der Waals surface area contributed by atoms with Gasteiger partial charge in [0.1, 0.15) is 34.6 Å². The van der Waals surface area contributed by atoms with Gasteiger partial charge in [0.2, 0.25) is 0 Å². The summed E-state index contributed by atoms with van der Waals surface area (Å²) in [4.78, 5) is 12.3. The highest BCUT2D eigenvalue weighted by atomic mass is 16.5. The molecule has 1 aliphatic heterocycles. The van der Waals surface area contributed by atoms with Gasteiger partial charge in [-0.2, -0.15) is 5.26 Å². The Labute approximate surface area is 138 Å². The van der Waals surface area contributed by atoms with Gasteiger partial charge in [0.15, 0.2) is 0 Å². The Balaban J connectivity index is 2.33. The molecule has 6 heteroatoms. The van der Waals surface area contributed by atoms with E-state index in [2.05, 4.69) is 12.2 Å². The molecule has 24 heavy (non-hydrogen) atoms. The minimum atomic E-state index is -0.553. The van der Waals surface area contributed by atoms with E-state index in [9.17, 15) is 20.3 Å². The van der Waals surface area contributed by atoms with Gasteiger partial charge in [0.25, 0.3) is 5.91 Å². The number of benzene rings is 2. The maximum absolute atomic E-state index is 12.3. The lowest BCUT2D eigenvalue weighted by atomic mass is 9.89. The molecule has 119 valence electrons. The number of aromatic hydroxyl groups is 2. The van der Waals surface area contributed by atoms with Crippen molar-refractivity contribution in [1.29, 1.82) is 5.26 Å². The van der Waals surface area contributed by atoms with Crippen molar-refractivity contribution in [3.05, 3.63) is 60.0 Å². The largest absolute Gasteiger partial charge is 0.508 e. The number of fused-ring (bicyclic) bond motifs is 2. The number of amides is 1. The molecule has 0 fully saturated rings. The van der Waals surface area contributed by atoms with Gasteiger partial charge >= 0.3 is 0 Å². The second-order valence-electron chi connectivity index (χ2n) is 5.08. The van der Waals surface area contributed by atoms with Crippen LogP contribution in [0.3, 0.4) is 0 Å². The van der Waals surface area contributed by atoms with Gasteiger partial charge in [0.05, 0.1) is 0 Å². The Kier molecular flexibility index (Phi) is 3.84. The maximum Gasteiger partial charge on any atom is 0.262 e. The van der Waals surface area contributed by atoms with E-state index in [0.717, 1.165) is 0 Å². The molecule has 3 rings (SSSR count). The van der Waals surface area contributed by atoms with Crippen LogP contribution in [0.1, 0.15) is 11.1 Å². The van der Waals surface area contributed by atoms with E-state index in [0.29, 0.717) is 28.2 Å². The summed E-state index contributed by atoms with van der Waals surface area (Å²) in [5.41, 5.74) is 1.28. The van der Waals surface area contributed by atoms with Gasteiger partial charge < -0.3 is 20.3 Å². The quantitative estimate of drug-likeness (QED) is 0.497. The second kappa shape index (κ2) is 5.97. The number of hydrogen-bond acceptors (Lipinski definition) is 5. The molecule has 1 radical (unpaired) electrons. The van der Waals surface area contributed by atoms with Gasteiger partial charge in [-0.05, 0) is 31.2 Å². The van der Waals surface area contributed by atoms with Gasteiger partial charge in [-0.3, -0.25) is 4.79 Å². The highest BCUT2D eigenvalue weighted by Gasteiger charge is 2.28. The first-order valence-corrected chi connectivity index (χ1v) is 7.11. The Morgan fingerprint density at radius 3 is 2.12 bits per heavy atom. The standard InChI is InChI=1S/C18H13N2O4/c1-2-20-18(23)14(9-19)17-12-5-3-10(21)7-15(12)24-16-8-11(22)4-6-13(16)17/h3-8,21-22H,1-2H2,(H,20,23). The van der Waals surface area contributed by atoms with E-state index < -0.39 is 5.91 Å². The molecular weight excluding hydrogens is 308 g/mol. The molecule has 0 aromatic heterocycles. The van der Waals surface area contributed by atoms with Crippen molar-refractivity contribution in [2.45, 2.75) is 0 Å². The van der Waals surface area contributed by atoms with E-state index in [1.54, 1.807) is 12.1 Å². The molecule has 0 unspecified atom stereocenters. The minimum absolute atomic E-state index is 0.0163. The van der Waals surface area contributed by atoms with Crippen molar-refractivity contribution in [3.8, 4) is 29.1 Å². The molecule has 1 amide bonds. The van der Waals surface area contributed by atoms with Crippen LogP contribution in [-0.4, -0.2) is 22.7 Å². The van der Waals surface area contributed by atoms with Gasteiger partial charge in [-0.15, -0.1) is 0 Å². The summed E-state index contributed by atoms with van der Waals surface area (Å²) >= 11 is 0. The molecule has 6 nitrogen and oxygen atoms in total. The number of phenolic OH excluding ortho intramolecular Hbond substituents is 2. The number of carbonyl (C=O) groups excluding carboxylic acids is 1. The van der Waals surface area contributed by atoms with Crippen molar-refractivity contribution in [3.63, 3.8) is 0 Å². The van der Waals surface area contributed by atoms with Crippen LogP contribution in [0, 0.1) is 18.3 Å². The fraction of sp³-hybridized carbons (Fsp3) is 0.0556. The minimum Gasteiger partial charge on any atom is -0.508 e. The average molecular weight is 321 g/mol. The van der Waals surface area contributed by atoms with Crippen LogP contribution in [0.2, 0.25) is 0 Å². The van der Waals surface area contributed by atoms with E-state index in [4.69, 9.17) is 4.74 Å². The molecule has 1 heterocycles. The lowest BCUT2D eigenvalue weighted by molar-refractivity contribution is -0.116. The van der Waals surface area contributed by atoms with Crippen molar-refractivity contribution < 1.29 is 19.7 Å². The van der Waals surface area contributed by atoms with Crippen LogP contribution in [0.25, 0.3) is 5.57 Å². The average Bonchev–Trinajstić information content (AvgIpc) is 2.54. The normalized spacial score (nSPS) is 11.6. The fourth-order valence-electron chi connectivity index (χ4n) is 2.56. The smallest absolute Gasteiger partial charge is 0.262 e. The van der Waals surface area contributed by atoms with Crippen molar-refractivity contribution >= 4 is 11.5 Å². The van der Waals surface area contributed by atoms with Crippen LogP contribution < -0.4 is 10.1 Å². The molecular formula is C18H13N2O4. The predicted molar refractivity (Wildman–Crippen MR) is 86.3 cm³/mol. The maximum atomic E-state index is 12.3. The zero-order valence-corrected chi connectivity index (χ0v) is 12.5. The summed E-state index contributed by atoms with van der Waals surface area (Å²) in [7, 11) is 0. The monoisotopic (exact) mass is 321 g/mol. The van der Waals surface area contributed by atoms with Crippen LogP contribution in [0.4, 0.5) is 0 Å². The number of carbonyl (C=O) groups is 1. The molecule has 0 bridgehead atoms. The van der Waals surface area contributed by atoms with E-state index in [-0.39, 0.29) is 23.6 Å². The first kappa shape index (κ1) is 15.4. The van der Waals surface area contributed by atoms with Crippen molar-refractivity contribution in [1.82, 2.24) is 5.32 Å². The van der Waals surface area contributed by atoms with Crippen LogP contribution >= 0.6 is 0 Å². The highest BCUT2D eigenvalue weighted by Crippen LogP contribution is 2.46. The molecule has 0 saturated heterocycles. The molecule has 3 N–H and O–H groups in total. The third-order valence-corrected chi connectivity index (χ3v) is 3.56. The molecule has 0 saturated carbocycles. The topological polar surface area (TPSA) is 103 Å². The second-order valence-corrected chi connectivity index (χ2v) is 5.08. The summed E-state index contributed by atoms with van der Waals surface area (Å²) in [5, 5.41) is 31.4. The molecule has 2 aromatic carbocycles. The Morgan fingerprint density at radius 2 is 1.67 bits per heavy atom. The first-order chi connectivity index (χ1) is 11.5. The number of rotatable bonds is 2. The van der Waals surface area contributed by atoms with E-state index in [1.165, 1.54) is 24.3 Å². The van der Waals surface area contributed by atoms with Gasteiger partial charge in [0, 0.05) is 35.4 Å². The third-order valence-electron chi connectivity index (χ3n) is 3.56. The molecule has 0 spiro atoms. The fourth-order valence-corrected chi connectivity index (χ4v) is 2.56. The molecule has 0 atom stereocenters. The zero-order valence-electron chi connectivity index (χ0n) is 12.5. The Bertz CT molecular complexity index is 856. The van der Waals surface area contributed by atoms with E-state index in [1.807, 2.05) is 6.07 Å². The Morgan fingerprint density at radius 1 is 1.12 bits per heavy atom. The lowest BCUT2D eigenvalue weighted by Gasteiger charge is -2.24. The number of nitriles is 1. The third kappa shape index (κ3) is 2.52. The molecule has 0 aliphatic carbocycles. The van der Waals surface area contributed by atoms with Crippen molar-refractivity contribution in [2.75, 3.05) is 6.54 Å². The summed E-state index contributed by atoms with van der Waals surface area (Å²) in [6, 6.07) is 10.7. The van der Waals surface area contributed by atoms with Gasteiger partial charge in [-0.1, -0.05) is 0 Å². The SMILES string of the molecule is [CH2]CNC(=O)C(C#N)=C1c2ccc(O)cc2Oc2cc(O)ccc21. The molecule has 1 aliphatic rings. The highest BCUT2D eigenvalue weighted by molar-refractivity contribution is 6.09. The molecule has 2 aromatic rings. The Hall–Kier alpha value is -3.46. The zero-order chi connectivity index (χ0) is 17.3. The number of nitrogens with one attached hydrogen (secondary N) is 1. The lowest BCUT2D eigenvalue weighted by Crippen LogP contribution is -2.25. The van der Waals surface area contributed by atoms with Crippen LogP contribution in [0.5, 0.6) is 23.0 Å². The van der Waals surface area contributed by atoms with Gasteiger partial charge in [-0.25, -0.2) is 0 Å². The van der Waals surface area contributed by atoms with Crippen LogP contribution in [0.15, 0.2) is 42.0 Å². The summed E-state index contributed by atoms with van der Waals surface area (Å²) in [5.74, 6) is -0.00571. The van der Waals surface area contributed by atoms with Crippen molar-refractivity contribution in [2.24, 2.45) is 0 Å². The number of ether oxygens (including phenoxy) is 1. The number of phenols is 2. The first-order valence-electron chi connectivity index (χ1n) is 7.11. The predicted octanol–water partition coefficient (Wildman–Crippen LogP) is 2.48.